The molecule has 0 bridgehead atoms. The van der Waals surface area contributed by atoms with Crippen LogP contribution < -0.4 is 11.1 Å². The third kappa shape index (κ3) is 2.50. The number of carbonyl (C=O) groups excluding carboxylic acids is 1. The number of amides is 1. The standard InChI is InChI=1S/C16H18FN3O/c17-15-6-5-14(12-3-1-2-4-13(12)15)16(21)20-8-7-19-10-11(20)9-18/h1-6,11,19H,7-10,18H2. The Kier molecular flexibility index (Phi) is 3.86. The minimum atomic E-state index is -0.308. The Hall–Kier alpha value is -1.98. The SMILES string of the molecule is NCC1CNCCN1C(=O)c1ccc(F)c2ccccc12. The molecule has 5 heteroatoms. The summed E-state index contributed by atoms with van der Waals surface area (Å²) in [5.41, 5.74) is 6.29. The van der Waals surface area contributed by atoms with Gasteiger partial charge in [0.05, 0.1) is 6.04 Å². The quantitative estimate of drug-likeness (QED) is 0.876. The lowest BCUT2D eigenvalue weighted by atomic mass is 10.0. The zero-order valence-electron chi connectivity index (χ0n) is 11.7. The molecule has 0 radical (unpaired) electrons. The predicted octanol–water partition coefficient (Wildman–Crippen LogP) is 1.35. The van der Waals surface area contributed by atoms with Crippen LogP contribution in [-0.4, -0.2) is 43.0 Å². The number of carbonyl (C=O) groups is 1. The molecule has 21 heavy (non-hydrogen) atoms. The third-order valence-corrected chi connectivity index (χ3v) is 3.98. The van der Waals surface area contributed by atoms with E-state index in [4.69, 9.17) is 5.73 Å². The Morgan fingerprint density at radius 1 is 1.29 bits per heavy atom. The molecule has 1 heterocycles. The van der Waals surface area contributed by atoms with E-state index in [1.165, 1.54) is 6.07 Å². The van der Waals surface area contributed by atoms with Gasteiger partial charge in [-0.1, -0.05) is 24.3 Å². The molecule has 2 aromatic rings. The van der Waals surface area contributed by atoms with Crippen molar-refractivity contribution >= 4 is 16.7 Å². The zero-order chi connectivity index (χ0) is 14.8. The number of rotatable bonds is 2. The number of hydrogen-bond acceptors (Lipinski definition) is 3. The Balaban J connectivity index is 2.03. The van der Waals surface area contributed by atoms with E-state index in [0.29, 0.717) is 36.0 Å². The monoisotopic (exact) mass is 287 g/mol. The van der Waals surface area contributed by atoms with Gasteiger partial charge in [-0.2, -0.15) is 0 Å². The molecule has 1 amide bonds. The molecule has 1 aliphatic rings. The number of piperazine rings is 1. The van der Waals surface area contributed by atoms with Crippen LogP contribution in [0.15, 0.2) is 36.4 Å². The van der Waals surface area contributed by atoms with Gasteiger partial charge >= 0.3 is 0 Å². The Morgan fingerprint density at radius 2 is 2.05 bits per heavy atom. The van der Waals surface area contributed by atoms with E-state index in [9.17, 15) is 9.18 Å². The second-order valence-electron chi connectivity index (χ2n) is 5.23. The molecule has 3 N–H and O–H groups in total. The highest BCUT2D eigenvalue weighted by molar-refractivity contribution is 6.07. The van der Waals surface area contributed by atoms with Crippen LogP contribution >= 0.6 is 0 Å². The molecule has 0 saturated carbocycles. The highest BCUT2D eigenvalue weighted by Gasteiger charge is 2.27. The summed E-state index contributed by atoms with van der Waals surface area (Å²) in [5.74, 6) is -0.388. The van der Waals surface area contributed by atoms with E-state index < -0.39 is 0 Å². The largest absolute Gasteiger partial charge is 0.332 e. The molecule has 1 atom stereocenters. The lowest BCUT2D eigenvalue weighted by Crippen LogP contribution is -2.56. The number of halogens is 1. The summed E-state index contributed by atoms with van der Waals surface area (Å²) < 4.78 is 13.9. The van der Waals surface area contributed by atoms with Gasteiger partial charge in [0.1, 0.15) is 5.82 Å². The first kappa shape index (κ1) is 14.0. The second kappa shape index (κ2) is 5.79. The van der Waals surface area contributed by atoms with Gasteiger partial charge in [-0.3, -0.25) is 4.79 Å². The van der Waals surface area contributed by atoms with Gasteiger partial charge in [-0.15, -0.1) is 0 Å². The maximum absolute atomic E-state index is 13.9. The number of fused-ring (bicyclic) bond motifs is 1. The van der Waals surface area contributed by atoms with Crippen LogP contribution in [-0.2, 0) is 0 Å². The molecule has 0 aliphatic carbocycles. The van der Waals surface area contributed by atoms with E-state index in [2.05, 4.69) is 5.32 Å². The molecule has 0 aromatic heterocycles. The van der Waals surface area contributed by atoms with Gasteiger partial charge in [-0.05, 0) is 17.5 Å². The smallest absolute Gasteiger partial charge is 0.254 e. The lowest BCUT2D eigenvalue weighted by Gasteiger charge is -2.35. The van der Waals surface area contributed by atoms with Crippen molar-refractivity contribution in [3.8, 4) is 0 Å². The molecule has 1 aliphatic heterocycles. The van der Waals surface area contributed by atoms with E-state index in [-0.39, 0.29) is 17.8 Å². The summed E-state index contributed by atoms with van der Waals surface area (Å²) in [4.78, 5) is 14.6. The average Bonchev–Trinajstić information content (AvgIpc) is 2.55. The van der Waals surface area contributed by atoms with Crippen molar-refractivity contribution < 1.29 is 9.18 Å². The normalized spacial score (nSPS) is 19.0. The number of nitrogens with zero attached hydrogens (tertiary/aromatic N) is 1. The van der Waals surface area contributed by atoms with E-state index in [1.807, 2.05) is 6.07 Å². The van der Waals surface area contributed by atoms with Crippen LogP contribution in [0.25, 0.3) is 10.8 Å². The summed E-state index contributed by atoms with van der Waals surface area (Å²) in [7, 11) is 0. The molecular formula is C16H18FN3O. The van der Waals surface area contributed by atoms with Crippen LogP contribution in [0, 0.1) is 5.82 Å². The molecule has 2 aromatic carbocycles. The zero-order valence-corrected chi connectivity index (χ0v) is 11.7. The van der Waals surface area contributed by atoms with E-state index in [1.54, 1.807) is 29.2 Å². The van der Waals surface area contributed by atoms with Crippen molar-refractivity contribution in [3.63, 3.8) is 0 Å². The van der Waals surface area contributed by atoms with Gasteiger partial charge in [0.25, 0.3) is 5.91 Å². The first-order valence-electron chi connectivity index (χ1n) is 7.11. The maximum atomic E-state index is 13.9. The number of nitrogens with two attached hydrogens (primary N) is 1. The minimum Gasteiger partial charge on any atom is -0.332 e. The van der Waals surface area contributed by atoms with Gasteiger partial charge in [0, 0.05) is 37.1 Å². The number of hydrogen-bond donors (Lipinski definition) is 2. The third-order valence-electron chi connectivity index (χ3n) is 3.98. The predicted molar refractivity (Wildman–Crippen MR) is 80.7 cm³/mol. The highest BCUT2D eigenvalue weighted by atomic mass is 19.1. The fraction of sp³-hybridized carbons (Fsp3) is 0.312. The van der Waals surface area contributed by atoms with E-state index >= 15 is 0 Å². The molecule has 1 fully saturated rings. The van der Waals surface area contributed by atoms with Crippen LogP contribution in [0.4, 0.5) is 4.39 Å². The van der Waals surface area contributed by atoms with Crippen molar-refractivity contribution in [3.05, 3.63) is 47.8 Å². The molecule has 1 saturated heterocycles. The first-order valence-corrected chi connectivity index (χ1v) is 7.11. The van der Waals surface area contributed by atoms with E-state index in [0.717, 1.165) is 6.54 Å². The molecule has 4 nitrogen and oxygen atoms in total. The van der Waals surface area contributed by atoms with Gasteiger partial charge in [0.2, 0.25) is 0 Å². The van der Waals surface area contributed by atoms with Crippen LogP contribution in [0.1, 0.15) is 10.4 Å². The first-order chi connectivity index (χ1) is 10.2. The summed E-state index contributed by atoms with van der Waals surface area (Å²) in [6.45, 7) is 2.48. The van der Waals surface area contributed by atoms with Crippen molar-refractivity contribution in [1.82, 2.24) is 10.2 Å². The molecule has 110 valence electrons. The lowest BCUT2D eigenvalue weighted by molar-refractivity contribution is 0.0647. The van der Waals surface area contributed by atoms with Gasteiger partial charge in [-0.25, -0.2) is 4.39 Å². The molecular weight excluding hydrogens is 269 g/mol. The molecule has 1 unspecified atom stereocenters. The maximum Gasteiger partial charge on any atom is 0.254 e. The summed E-state index contributed by atoms with van der Waals surface area (Å²) in [5, 5.41) is 4.36. The van der Waals surface area contributed by atoms with Crippen molar-refractivity contribution in [2.45, 2.75) is 6.04 Å². The Bertz CT molecular complexity index is 674. The topological polar surface area (TPSA) is 58.4 Å². The fourth-order valence-corrected chi connectivity index (χ4v) is 2.84. The Labute approximate surface area is 122 Å². The van der Waals surface area contributed by atoms with Crippen molar-refractivity contribution in [1.29, 1.82) is 0 Å². The number of nitrogens with one attached hydrogen (secondary N) is 1. The number of benzene rings is 2. The average molecular weight is 287 g/mol. The summed E-state index contributed by atoms with van der Waals surface area (Å²) in [6.07, 6.45) is 0. The summed E-state index contributed by atoms with van der Waals surface area (Å²) in [6, 6.07) is 9.97. The minimum absolute atomic E-state index is 0.0185. The summed E-state index contributed by atoms with van der Waals surface area (Å²) >= 11 is 0. The van der Waals surface area contributed by atoms with Crippen LogP contribution in [0.5, 0.6) is 0 Å². The van der Waals surface area contributed by atoms with Gasteiger partial charge < -0.3 is 16.0 Å². The van der Waals surface area contributed by atoms with Crippen LogP contribution in [0.2, 0.25) is 0 Å². The van der Waals surface area contributed by atoms with Gasteiger partial charge in [0.15, 0.2) is 0 Å². The van der Waals surface area contributed by atoms with Crippen molar-refractivity contribution in [2.24, 2.45) is 5.73 Å². The molecule has 0 spiro atoms. The fourth-order valence-electron chi connectivity index (χ4n) is 2.84. The second-order valence-corrected chi connectivity index (χ2v) is 5.23. The highest BCUT2D eigenvalue weighted by Crippen LogP contribution is 2.23. The molecule has 3 rings (SSSR count). The Morgan fingerprint density at radius 3 is 2.81 bits per heavy atom. The van der Waals surface area contributed by atoms with Crippen molar-refractivity contribution in [2.75, 3.05) is 26.2 Å². The van der Waals surface area contributed by atoms with Crippen LogP contribution in [0.3, 0.4) is 0 Å².